The lowest BCUT2D eigenvalue weighted by atomic mass is 9.86. The molecule has 0 amide bonds. The third-order valence-electron chi connectivity index (χ3n) is 12.2. The van der Waals surface area contributed by atoms with Gasteiger partial charge in [0.2, 0.25) is 0 Å². The molecule has 2 aliphatic heterocycles. The summed E-state index contributed by atoms with van der Waals surface area (Å²) in [5.74, 6) is 2.78. The fraction of sp³-hybridized carbons (Fsp3) is 0.207. The highest BCUT2D eigenvalue weighted by Crippen LogP contribution is 2.40. The first kappa shape index (κ1) is 40.4. The highest BCUT2D eigenvalue weighted by atomic mass is 14.8. The lowest BCUT2D eigenvalue weighted by molar-refractivity contribution is 0.590. The average Bonchev–Trinajstić information content (AvgIpc) is 4.09. The number of terminal acetylenes is 1. The number of rotatable bonds is 4. The molecule has 0 saturated carbocycles. The first-order valence-corrected chi connectivity index (χ1v) is 21.6. The second-order valence-electron chi connectivity index (χ2n) is 19.7. The van der Waals surface area contributed by atoms with Crippen LogP contribution >= 0.6 is 0 Å². The van der Waals surface area contributed by atoms with Crippen LogP contribution in [0.3, 0.4) is 0 Å². The lowest BCUT2D eigenvalue weighted by Gasteiger charge is -2.19. The van der Waals surface area contributed by atoms with E-state index < -0.39 is 0 Å². The van der Waals surface area contributed by atoms with Crippen molar-refractivity contribution < 1.29 is 0 Å². The Hall–Kier alpha value is -6.96. The highest BCUT2D eigenvalue weighted by Gasteiger charge is 2.22. The van der Waals surface area contributed by atoms with Gasteiger partial charge in [-0.1, -0.05) is 153 Å². The van der Waals surface area contributed by atoms with Gasteiger partial charge < -0.3 is 9.97 Å². The van der Waals surface area contributed by atoms with Crippen molar-refractivity contribution in [2.45, 2.75) is 78.6 Å². The van der Waals surface area contributed by atoms with Crippen LogP contribution in [0.1, 0.15) is 107 Å². The molecule has 2 aliphatic rings. The zero-order chi connectivity index (χ0) is 43.6. The summed E-state index contributed by atoms with van der Waals surface area (Å²) < 4.78 is 0. The Kier molecular flexibility index (Phi) is 9.91. The van der Waals surface area contributed by atoms with Crippen molar-refractivity contribution in [1.29, 1.82) is 0 Å². The standard InChI is InChI=1S/C58H54N4/c1-11-36-12-14-37(15-13-36)52-44-28-30-46(59-44)53(38-16-22-41(23-17-38)56(2,3)4)48-32-34-50(61-48)55(40-20-26-43(27-21-40)58(8,9)10)51-35-33-49(62-51)54(47-31-29-45(52)60-47)39-18-24-42(25-19-39)57(5,6)7/h1,12-35,59,62H,2-10H3. The van der Waals surface area contributed by atoms with Crippen LogP contribution in [0.4, 0.5) is 0 Å². The minimum atomic E-state index is 0.0215. The van der Waals surface area contributed by atoms with Gasteiger partial charge in [0.1, 0.15) is 0 Å². The summed E-state index contributed by atoms with van der Waals surface area (Å²) in [4.78, 5) is 18.8. The molecule has 4 nitrogen and oxygen atoms in total. The number of benzene rings is 4. The topological polar surface area (TPSA) is 57.4 Å². The second-order valence-corrected chi connectivity index (χ2v) is 19.7. The van der Waals surface area contributed by atoms with Gasteiger partial charge >= 0.3 is 0 Å². The van der Waals surface area contributed by atoms with Gasteiger partial charge in [0, 0.05) is 49.9 Å². The minimum absolute atomic E-state index is 0.0215. The van der Waals surface area contributed by atoms with Crippen molar-refractivity contribution in [3.05, 3.63) is 166 Å². The summed E-state index contributed by atoms with van der Waals surface area (Å²) in [6, 6.07) is 43.8. The van der Waals surface area contributed by atoms with Crippen LogP contribution < -0.4 is 0 Å². The van der Waals surface area contributed by atoms with E-state index in [1.165, 1.54) is 16.7 Å². The highest BCUT2D eigenvalue weighted by molar-refractivity contribution is 6.00. The molecule has 4 aromatic carbocycles. The van der Waals surface area contributed by atoms with E-state index in [2.05, 4.69) is 212 Å². The average molecular weight is 807 g/mol. The molecule has 8 bridgehead atoms. The van der Waals surface area contributed by atoms with E-state index in [0.29, 0.717) is 0 Å². The quantitative estimate of drug-likeness (QED) is 0.174. The molecule has 2 N–H and O–H groups in total. The molecule has 7 aromatic rings. The summed E-state index contributed by atoms with van der Waals surface area (Å²) in [6.45, 7) is 20.3. The summed E-state index contributed by atoms with van der Waals surface area (Å²) in [5.41, 5.74) is 20.5. The van der Waals surface area contributed by atoms with Crippen LogP contribution in [0.15, 0.2) is 121 Å². The van der Waals surface area contributed by atoms with E-state index in [9.17, 15) is 0 Å². The van der Waals surface area contributed by atoms with Crippen molar-refractivity contribution in [3.8, 4) is 56.9 Å². The molecule has 4 heteroatoms. The number of nitrogens with zero attached hydrogens (tertiary/aromatic N) is 2. The van der Waals surface area contributed by atoms with Crippen LogP contribution in [0, 0.1) is 12.3 Å². The predicted octanol–water partition coefficient (Wildman–Crippen LogP) is 15.2. The molecule has 0 aliphatic carbocycles. The van der Waals surface area contributed by atoms with Gasteiger partial charge in [-0.15, -0.1) is 6.42 Å². The van der Waals surface area contributed by atoms with Crippen LogP contribution in [0.5, 0.6) is 0 Å². The van der Waals surface area contributed by atoms with Crippen LogP contribution in [-0.4, -0.2) is 19.9 Å². The van der Waals surface area contributed by atoms with Gasteiger partial charge in [-0.2, -0.15) is 0 Å². The van der Waals surface area contributed by atoms with E-state index in [4.69, 9.17) is 16.4 Å². The van der Waals surface area contributed by atoms with Crippen molar-refractivity contribution in [2.75, 3.05) is 0 Å². The number of fused-ring (bicyclic) bond motifs is 8. The number of nitrogens with one attached hydrogen (secondary N) is 2. The molecular formula is C58H54N4. The van der Waals surface area contributed by atoms with E-state index >= 15 is 0 Å². The normalized spacial score (nSPS) is 12.8. The Morgan fingerprint density at radius 3 is 0.823 bits per heavy atom. The van der Waals surface area contributed by atoms with Crippen molar-refractivity contribution >= 4 is 46.4 Å². The van der Waals surface area contributed by atoms with Crippen molar-refractivity contribution in [2.24, 2.45) is 0 Å². The maximum Gasteiger partial charge on any atom is 0.0737 e. The fourth-order valence-corrected chi connectivity index (χ4v) is 8.56. The predicted molar refractivity (Wildman–Crippen MR) is 265 cm³/mol. The Morgan fingerprint density at radius 2 is 0.597 bits per heavy atom. The maximum atomic E-state index is 5.83. The maximum absolute atomic E-state index is 5.83. The van der Waals surface area contributed by atoms with Crippen LogP contribution in [-0.2, 0) is 16.2 Å². The number of aromatic amines is 2. The Labute approximate surface area is 366 Å². The molecule has 0 atom stereocenters. The fourth-order valence-electron chi connectivity index (χ4n) is 8.56. The molecular weight excluding hydrogens is 753 g/mol. The summed E-state index contributed by atoms with van der Waals surface area (Å²) in [7, 11) is 0. The van der Waals surface area contributed by atoms with E-state index in [1.807, 2.05) is 12.1 Å². The first-order chi connectivity index (χ1) is 29.5. The Bertz CT molecular complexity index is 3070. The molecule has 9 rings (SSSR count). The number of aromatic nitrogens is 4. The van der Waals surface area contributed by atoms with Gasteiger partial charge in [0.05, 0.1) is 22.8 Å². The van der Waals surface area contributed by atoms with Gasteiger partial charge in [-0.05, 0) is 116 Å². The second kappa shape index (κ2) is 15.2. The molecule has 62 heavy (non-hydrogen) atoms. The largest absolute Gasteiger partial charge is 0.354 e. The number of hydrogen-bond acceptors (Lipinski definition) is 2. The van der Waals surface area contributed by atoms with E-state index in [-0.39, 0.29) is 16.2 Å². The third-order valence-corrected chi connectivity index (χ3v) is 12.2. The zero-order valence-electron chi connectivity index (χ0n) is 37.3. The smallest absolute Gasteiger partial charge is 0.0737 e. The monoisotopic (exact) mass is 806 g/mol. The molecule has 0 saturated heterocycles. The zero-order valence-corrected chi connectivity index (χ0v) is 37.3. The number of H-pyrrole nitrogens is 2. The first-order valence-electron chi connectivity index (χ1n) is 21.6. The minimum Gasteiger partial charge on any atom is -0.354 e. The Morgan fingerprint density at radius 1 is 0.355 bits per heavy atom. The summed E-state index contributed by atoms with van der Waals surface area (Å²) >= 11 is 0. The van der Waals surface area contributed by atoms with Gasteiger partial charge in [-0.3, -0.25) is 0 Å². The van der Waals surface area contributed by atoms with Gasteiger partial charge in [0.25, 0.3) is 0 Å². The molecule has 0 radical (unpaired) electrons. The summed E-state index contributed by atoms with van der Waals surface area (Å²) in [6.07, 6.45) is 14.4. The van der Waals surface area contributed by atoms with Crippen molar-refractivity contribution in [3.63, 3.8) is 0 Å². The summed E-state index contributed by atoms with van der Waals surface area (Å²) in [5, 5.41) is 0. The van der Waals surface area contributed by atoms with Crippen LogP contribution in [0.25, 0.3) is 90.9 Å². The SMILES string of the molecule is C#Cc1ccc(-c2c3nc(c(-c4ccc(C(C)(C)C)cc4)c4ccc([nH]4)c(-c4ccc(C(C)(C)C)cc4)c4nc(c(-c5ccc(C(C)(C)C)cc5)c5ccc2[nH]5)C=C4)C=C3)cc1. The number of hydrogen-bond donors (Lipinski definition) is 2. The third kappa shape index (κ3) is 7.65. The Balaban J connectivity index is 1.42. The molecule has 0 unspecified atom stereocenters. The van der Waals surface area contributed by atoms with E-state index in [1.54, 1.807) is 0 Å². The molecule has 5 heterocycles. The van der Waals surface area contributed by atoms with Gasteiger partial charge in [-0.25, -0.2) is 9.97 Å². The van der Waals surface area contributed by atoms with Crippen LogP contribution in [0.2, 0.25) is 0 Å². The van der Waals surface area contributed by atoms with E-state index in [0.717, 1.165) is 94.9 Å². The molecule has 306 valence electrons. The van der Waals surface area contributed by atoms with Crippen molar-refractivity contribution in [1.82, 2.24) is 19.9 Å². The molecule has 0 fully saturated rings. The lowest BCUT2D eigenvalue weighted by Crippen LogP contribution is -2.10. The molecule has 0 spiro atoms. The van der Waals surface area contributed by atoms with Gasteiger partial charge in [0.15, 0.2) is 0 Å². The molecule has 3 aromatic heterocycles.